The largest absolute Gasteiger partial charge is 0.0845 e. The Morgan fingerprint density at radius 3 is 2.46 bits per heavy atom. The van der Waals surface area contributed by atoms with Gasteiger partial charge in [0.15, 0.2) is 0 Å². The zero-order valence-corrected chi connectivity index (χ0v) is 9.05. The Kier molecular flexibility index (Phi) is 4.88. The SMILES string of the molecule is C/C=C(\C=C/CC)C1CCCCC1. The van der Waals surface area contributed by atoms with Crippen molar-refractivity contribution in [2.75, 3.05) is 0 Å². The molecule has 0 bridgehead atoms. The number of rotatable bonds is 3. The van der Waals surface area contributed by atoms with Gasteiger partial charge in [0.2, 0.25) is 0 Å². The highest BCUT2D eigenvalue weighted by molar-refractivity contribution is 5.21. The van der Waals surface area contributed by atoms with Gasteiger partial charge in [-0.15, -0.1) is 0 Å². The predicted octanol–water partition coefficient (Wildman–Crippen LogP) is 4.48. The molecule has 0 radical (unpaired) electrons. The lowest BCUT2D eigenvalue weighted by Gasteiger charge is -2.22. The van der Waals surface area contributed by atoms with Crippen molar-refractivity contribution in [3.8, 4) is 0 Å². The number of hydrogen-bond donors (Lipinski definition) is 0. The Morgan fingerprint density at radius 1 is 1.23 bits per heavy atom. The van der Waals surface area contributed by atoms with E-state index in [1.54, 1.807) is 5.57 Å². The quantitative estimate of drug-likeness (QED) is 0.559. The van der Waals surface area contributed by atoms with Crippen molar-refractivity contribution in [3.63, 3.8) is 0 Å². The van der Waals surface area contributed by atoms with Gasteiger partial charge in [0.05, 0.1) is 0 Å². The number of hydrogen-bond acceptors (Lipinski definition) is 0. The molecule has 0 N–H and O–H groups in total. The smallest absolute Gasteiger partial charge is 0.0165 e. The zero-order valence-electron chi connectivity index (χ0n) is 9.05. The highest BCUT2D eigenvalue weighted by atomic mass is 14.2. The van der Waals surface area contributed by atoms with Crippen LogP contribution >= 0.6 is 0 Å². The summed E-state index contributed by atoms with van der Waals surface area (Å²) >= 11 is 0. The molecule has 0 heterocycles. The van der Waals surface area contributed by atoms with E-state index in [2.05, 4.69) is 32.1 Å². The van der Waals surface area contributed by atoms with Crippen LogP contribution in [-0.2, 0) is 0 Å². The second-order valence-electron chi connectivity index (χ2n) is 3.93. The minimum atomic E-state index is 0.863. The van der Waals surface area contributed by atoms with Gasteiger partial charge < -0.3 is 0 Å². The first-order chi connectivity index (χ1) is 6.38. The third kappa shape index (κ3) is 3.38. The average molecular weight is 178 g/mol. The molecule has 1 aliphatic rings. The van der Waals surface area contributed by atoms with Crippen LogP contribution in [0.25, 0.3) is 0 Å². The normalized spacial score (nSPS) is 21.2. The van der Waals surface area contributed by atoms with Crippen molar-refractivity contribution in [2.24, 2.45) is 5.92 Å². The molecule has 1 saturated carbocycles. The predicted molar refractivity (Wildman–Crippen MR) is 59.8 cm³/mol. The molecule has 0 saturated heterocycles. The Labute approximate surface area is 82.7 Å². The van der Waals surface area contributed by atoms with E-state index in [0.29, 0.717) is 0 Å². The van der Waals surface area contributed by atoms with Crippen molar-refractivity contribution in [2.45, 2.75) is 52.4 Å². The van der Waals surface area contributed by atoms with Crippen molar-refractivity contribution >= 4 is 0 Å². The van der Waals surface area contributed by atoms with Crippen LogP contribution in [0.4, 0.5) is 0 Å². The van der Waals surface area contributed by atoms with Gasteiger partial charge in [-0.25, -0.2) is 0 Å². The summed E-state index contributed by atoms with van der Waals surface area (Å²) in [5.74, 6) is 0.863. The third-order valence-corrected chi connectivity index (χ3v) is 2.96. The molecular formula is C13H22. The third-order valence-electron chi connectivity index (χ3n) is 2.96. The summed E-state index contributed by atoms with van der Waals surface area (Å²) in [5.41, 5.74) is 1.57. The van der Waals surface area contributed by atoms with Gasteiger partial charge in [-0.2, -0.15) is 0 Å². The summed E-state index contributed by atoms with van der Waals surface area (Å²) in [6.07, 6.45) is 15.2. The van der Waals surface area contributed by atoms with Gasteiger partial charge >= 0.3 is 0 Å². The van der Waals surface area contributed by atoms with E-state index in [0.717, 1.165) is 12.3 Å². The molecule has 1 aliphatic carbocycles. The molecule has 0 atom stereocenters. The molecule has 0 aliphatic heterocycles. The van der Waals surface area contributed by atoms with Crippen LogP contribution in [0.3, 0.4) is 0 Å². The van der Waals surface area contributed by atoms with Crippen LogP contribution in [-0.4, -0.2) is 0 Å². The Hall–Kier alpha value is -0.520. The highest BCUT2D eigenvalue weighted by Gasteiger charge is 2.14. The topological polar surface area (TPSA) is 0 Å². The summed E-state index contributed by atoms with van der Waals surface area (Å²) in [5, 5.41) is 0. The first-order valence-electron chi connectivity index (χ1n) is 5.71. The molecule has 0 unspecified atom stereocenters. The monoisotopic (exact) mass is 178 g/mol. The maximum absolute atomic E-state index is 2.33. The molecular weight excluding hydrogens is 156 g/mol. The first kappa shape index (κ1) is 10.6. The van der Waals surface area contributed by atoms with E-state index >= 15 is 0 Å². The minimum Gasteiger partial charge on any atom is -0.0845 e. The Bertz CT molecular complexity index is 180. The Morgan fingerprint density at radius 2 is 1.92 bits per heavy atom. The molecule has 0 nitrogen and oxygen atoms in total. The van der Waals surface area contributed by atoms with Gasteiger partial charge in [0.1, 0.15) is 0 Å². The van der Waals surface area contributed by atoms with Gasteiger partial charge in [-0.05, 0) is 37.7 Å². The molecule has 0 spiro atoms. The lowest BCUT2D eigenvalue weighted by atomic mass is 9.83. The van der Waals surface area contributed by atoms with Crippen LogP contribution in [0.2, 0.25) is 0 Å². The number of allylic oxidation sites excluding steroid dienone is 4. The van der Waals surface area contributed by atoms with Crippen LogP contribution in [0.5, 0.6) is 0 Å². The maximum atomic E-state index is 2.33. The van der Waals surface area contributed by atoms with Gasteiger partial charge in [0, 0.05) is 0 Å². The van der Waals surface area contributed by atoms with Crippen LogP contribution < -0.4 is 0 Å². The van der Waals surface area contributed by atoms with Crippen molar-refractivity contribution in [1.29, 1.82) is 0 Å². The second-order valence-corrected chi connectivity index (χ2v) is 3.93. The summed E-state index contributed by atoms with van der Waals surface area (Å²) in [6.45, 7) is 4.37. The van der Waals surface area contributed by atoms with Gasteiger partial charge in [0.25, 0.3) is 0 Å². The molecule has 0 aromatic carbocycles. The molecule has 0 amide bonds. The molecule has 0 aromatic heterocycles. The summed E-state index contributed by atoms with van der Waals surface area (Å²) < 4.78 is 0. The van der Waals surface area contributed by atoms with E-state index in [-0.39, 0.29) is 0 Å². The molecule has 13 heavy (non-hydrogen) atoms. The standard InChI is InChI=1S/C13H22/c1-3-5-9-12(4-2)13-10-7-6-8-11-13/h4-5,9,13H,3,6-8,10-11H2,1-2H3/b9-5-,12-4+. The van der Waals surface area contributed by atoms with E-state index in [1.807, 2.05) is 0 Å². The van der Waals surface area contributed by atoms with Crippen molar-refractivity contribution < 1.29 is 0 Å². The van der Waals surface area contributed by atoms with E-state index < -0.39 is 0 Å². The summed E-state index contributed by atoms with van der Waals surface area (Å²) in [4.78, 5) is 0. The second kappa shape index (κ2) is 6.01. The average Bonchev–Trinajstić information content (AvgIpc) is 2.21. The lowest BCUT2D eigenvalue weighted by Crippen LogP contribution is -2.07. The highest BCUT2D eigenvalue weighted by Crippen LogP contribution is 2.30. The fraction of sp³-hybridized carbons (Fsp3) is 0.692. The van der Waals surface area contributed by atoms with Crippen molar-refractivity contribution in [3.05, 3.63) is 23.8 Å². The van der Waals surface area contributed by atoms with Crippen LogP contribution in [0, 0.1) is 5.92 Å². The van der Waals surface area contributed by atoms with E-state index in [9.17, 15) is 0 Å². The van der Waals surface area contributed by atoms with E-state index in [1.165, 1.54) is 32.1 Å². The first-order valence-corrected chi connectivity index (χ1v) is 5.71. The van der Waals surface area contributed by atoms with Gasteiger partial charge in [-0.1, -0.05) is 44.4 Å². The summed E-state index contributed by atoms with van der Waals surface area (Å²) in [7, 11) is 0. The van der Waals surface area contributed by atoms with Crippen LogP contribution in [0.1, 0.15) is 52.4 Å². The summed E-state index contributed by atoms with van der Waals surface area (Å²) in [6, 6.07) is 0. The molecule has 0 aromatic rings. The van der Waals surface area contributed by atoms with Crippen molar-refractivity contribution in [1.82, 2.24) is 0 Å². The molecule has 1 fully saturated rings. The van der Waals surface area contributed by atoms with Crippen LogP contribution in [0.15, 0.2) is 23.8 Å². The van der Waals surface area contributed by atoms with Gasteiger partial charge in [-0.3, -0.25) is 0 Å². The molecule has 1 rings (SSSR count). The molecule has 0 heteroatoms. The lowest BCUT2D eigenvalue weighted by molar-refractivity contribution is 0.408. The minimum absolute atomic E-state index is 0.863. The zero-order chi connectivity index (χ0) is 9.52. The van der Waals surface area contributed by atoms with E-state index in [4.69, 9.17) is 0 Å². The molecule has 74 valence electrons. The fourth-order valence-electron chi connectivity index (χ4n) is 2.16. The Balaban J connectivity index is 2.50. The fourth-order valence-corrected chi connectivity index (χ4v) is 2.16. The maximum Gasteiger partial charge on any atom is -0.0165 e.